The van der Waals surface area contributed by atoms with Crippen LogP contribution >= 0.6 is 15.9 Å². The normalized spacial score (nSPS) is 12.1. The maximum atomic E-state index is 12.2. The van der Waals surface area contributed by atoms with Crippen LogP contribution in [0.5, 0.6) is 0 Å². The van der Waals surface area contributed by atoms with Crippen molar-refractivity contribution in [1.29, 1.82) is 0 Å². The molecule has 0 saturated carbocycles. The summed E-state index contributed by atoms with van der Waals surface area (Å²) in [5.41, 5.74) is 2.35. The third-order valence-electron chi connectivity index (χ3n) is 2.94. The SMILES string of the molecule is CCc1c[n+](C)c2c(NCCC(F)(F)F)cc(Br)nn12. The van der Waals surface area contributed by atoms with Crippen molar-refractivity contribution < 1.29 is 17.7 Å². The van der Waals surface area contributed by atoms with Crippen LogP contribution in [-0.2, 0) is 13.5 Å². The number of anilines is 1. The first-order chi connectivity index (χ1) is 9.31. The number of rotatable bonds is 4. The summed E-state index contributed by atoms with van der Waals surface area (Å²) >= 11 is 3.28. The van der Waals surface area contributed by atoms with Crippen LogP contribution in [0.25, 0.3) is 5.65 Å². The lowest BCUT2D eigenvalue weighted by Crippen LogP contribution is -2.27. The number of nitrogens with zero attached hydrogens (tertiary/aromatic N) is 3. The Morgan fingerprint density at radius 3 is 2.75 bits per heavy atom. The summed E-state index contributed by atoms with van der Waals surface area (Å²) in [7, 11) is 1.85. The molecule has 1 N–H and O–H groups in total. The number of alkyl halides is 3. The number of aryl methyl sites for hydroxylation is 2. The number of imidazole rings is 1. The zero-order chi connectivity index (χ0) is 14.9. The van der Waals surface area contributed by atoms with E-state index in [-0.39, 0.29) is 6.54 Å². The molecule has 0 atom stereocenters. The molecule has 0 aliphatic rings. The van der Waals surface area contributed by atoms with Gasteiger partial charge in [0.1, 0.15) is 11.9 Å². The highest BCUT2D eigenvalue weighted by Gasteiger charge is 2.27. The van der Waals surface area contributed by atoms with Crippen molar-refractivity contribution in [3.8, 4) is 0 Å². The standard InChI is InChI=1S/C12H15BrF3N4/c1-3-8-7-19(2)11-9(6-10(13)18-20(8)11)17-5-4-12(14,15)16/h6-7H,3-5H2,1-2H3,(H,17,18)/q+1. The lowest BCUT2D eigenvalue weighted by atomic mass is 10.3. The van der Waals surface area contributed by atoms with Crippen LogP contribution in [0, 0.1) is 0 Å². The van der Waals surface area contributed by atoms with Gasteiger partial charge in [-0.1, -0.05) is 16.5 Å². The summed E-state index contributed by atoms with van der Waals surface area (Å²) in [4.78, 5) is 0. The Morgan fingerprint density at radius 1 is 1.45 bits per heavy atom. The molecular weight excluding hydrogens is 337 g/mol. The van der Waals surface area contributed by atoms with Crippen molar-refractivity contribution in [3.05, 3.63) is 22.6 Å². The minimum atomic E-state index is -4.16. The Hall–Kier alpha value is -1.31. The van der Waals surface area contributed by atoms with Crippen molar-refractivity contribution in [2.24, 2.45) is 7.05 Å². The Bertz CT molecular complexity index is 621. The number of hydrogen-bond donors (Lipinski definition) is 1. The van der Waals surface area contributed by atoms with Gasteiger partial charge >= 0.3 is 11.8 Å². The molecule has 20 heavy (non-hydrogen) atoms. The molecule has 0 aliphatic heterocycles. The lowest BCUT2D eigenvalue weighted by Gasteiger charge is -2.08. The lowest BCUT2D eigenvalue weighted by molar-refractivity contribution is -0.644. The molecule has 0 aliphatic carbocycles. The van der Waals surface area contributed by atoms with Crippen LogP contribution in [0.2, 0.25) is 0 Å². The number of hydrogen-bond acceptors (Lipinski definition) is 2. The molecular formula is C12H15BrF3N4+. The van der Waals surface area contributed by atoms with E-state index in [1.807, 2.05) is 24.7 Å². The van der Waals surface area contributed by atoms with Crippen molar-refractivity contribution >= 4 is 27.3 Å². The summed E-state index contributed by atoms with van der Waals surface area (Å²) in [5.74, 6) is 0. The highest BCUT2D eigenvalue weighted by Crippen LogP contribution is 2.22. The van der Waals surface area contributed by atoms with E-state index in [9.17, 15) is 13.2 Å². The van der Waals surface area contributed by atoms with E-state index in [0.29, 0.717) is 10.3 Å². The van der Waals surface area contributed by atoms with Crippen molar-refractivity contribution in [2.45, 2.75) is 25.9 Å². The van der Waals surface area contributed by atoms with Gasteiger partial charge in [0.25, 0.3) is 0 Å². The summed E-state index contributed by atoms with van der Waals surface area (Å²) in [6, 6.07) is 1.69. The van der Waals surface area contributed by atoms with Gasteiger partial charge in [0, 0.05) is 19.0 Å². The largest absolute Gasteiger partial charge is 0.390 e. The van der Waals surface area contributed by atoms with Gasteiger partial charge in [-0.05, 0) is 15.9 Å². The molecule has 2 aromatic rings. The third kappa shape index (κ3) is 3.23. The quantitative estimate of drug-likeness (QED) is 0.859. The Labute approximate surface area is 122 Å². The predicted octanol–water partition coefficient (Wildman–Crippen LogP) is 2.85. The summed E-state index contributed by atoms with van der Waals surface area (Å²) in [5, 5.41) is 7.17. The average molecular weight is 352 g/mol. The second-order valence-corrected chi connectivity index (χ2v) is 5.31. The van der Waals surface area contributed by atoms with Gasteiger partial charge in [-0.3, -0.25) is 0 Å². The summed E-state index contributed by atoms with van der Waals surface area (Å²) < 4.78 is 40.8. The van der Waals surface area contributed by atoms with Gasteiger partial charge in [-0.25, -0.2) is 4.57 Å². The molecule has 0 unspecified atom stereocenters. The fraction of sp³-hybridized carbons (Fsp3) is 0.500. The maximum absolute atomic E-state index is 12.2. The predicted molar refractivity (Wildman–Crippen MR) is 72.6 cm³/mol. The molecule has 0 spiro atoms. The highest BCUT2D eigenvalue weighted by atomic mass is 79.9. The first-order valence-corrected chi connectivity index (χ1v) is 6.98. The van der Waals surface area contributed by atoms with Crippen molar-refractivity contribution in [3.63, 3.8) is 0 Å². The van der Waals surface area contributed by atoms with Gasteiger partial charge in [0.15, 0.2) is 10.3 Å². The van der Waals surface area contributed by atoms with E-state index in [1.54, 1.807) is 10.6 Å². The molecule has 2 heterocycles. The summed E-state index contributed by atoms with van der Waals surface area (Å²) in [6.45, 7) is 1.84. The number of nitrogens with one attached hydrogen (secondary N) is 1. The first kappa shape index (κ1) is 15.1. The molecule has 2 aromatic heterocycles. The first-order valence-electron chi connectivity index (χ1n) is 6.19. The monoisotopic (exact) mass is 351 g/mol. The Kier molecular flexibility index (Phi) is 4.22. The number of fused-ring (bicyclic) bond motifs is 1. The van der Waals surface area contributed by atoms with Gasteiger partial charge in [0.05, 0.1) is 13.5 Å². The Balaban J connectivity index is 2.35. The van der Waals surface area contributed by atoms with Gasteiger partial charge in [-0.15, -0.1) is 0 Å². The minimum absolute atomic E-state index is 0.164. The van der Waals surface area contributed by atoms with Crippen molar-refractivity contribution in [1.82, 2.24) is 9.61 Å². The molecule has 0 aromatic carbocycles. The molecule has 8 heteroatoms. The zero-order valence-corrected chi connectivity index (χ0v) is 12.7. The molecule has 110 valence electrons. The zero-order valence-electron chi connectivity index (χ0n) is 11.1. The Morgan fingerprint density at radius 2 is 2.15 bits per heavy atom. The molecule has 0 saturated heterocycles. The second kappa shape index (κ2) is 5.59. The van der Waals surface area contributed by atoms with Crippen molar-refractivity contribution in [2.75, 3.05) is 11.9 Å². The van der Waals surface area contributed by atoms with E-state index in [4.69, 9.17) is 0 Å². The molecule has 0 bridgehead atoms. The van der Waals surface area contributed by atoms with Crippen LogP contribution < -0.4 is 9.88 Å². The van der Waals surface area contributed by atoms with E-state index in [1.165, 1.54) is 0 Å². The van der Waals surface area contributed by atoms with Crippen LogP contribution in [-0.4, -0.2) is 22.3 Å². The van der Waals surface area contributed by atoms with Crippen LogP contribution in [0.1, 0.15) is 19.0 Å². The molecule has 4 nitrogen and oxygen atoms in total. The van der Waals surface area contributed by atoms with Crippen LogP contribution in [0.4, 0.5) is 18.9 Å². The van der Waals surface area contributed by atoms with Crippen LogP contribution in [0.3, 0.4) is 0 Å². The van der Waals surface area contributed by atoms with E-state index in [0.717, 1.165) is 17.8 Å². The molecule has 0 radical (unpaired) electrons. The molecule has 0 fully saturated rings. The van der Waals surface area contributed by atoms with Gasteiger partial charge < -0.3 is 5.32 Å². The van der Waals surface area contributed by atoms with Crippen LogP contribution in [0.15, 0.2) is 16.9 Å². The second-order valence-electron chi connectivity index (χ2n) is 4.49. The molecule has 0 amide bonds. The van der Waals surface area contributed by atoms with E-state index in [2.05, 4.69) is 26.3 Å². The number of aromatic nitrogens is 3. The van der Waals surface area contributed by atoms with Gasteiger partial charge in [0.2, 0.25) is 0 Å². The maximum Gasteiger partial charge on any atom is 0.390 e. The summed E-state index contributed by atoms with van der Waals surface area (Å²) in [6.07, 6.45) is -2.33. The average Bonchev–Trinajstić information content (AvgIpc) is 2.64. The fourth-order valence-corrected chi connectivity index (χ4v) is 2.45. The smallest absolute Gasteiger partial charge is 0.378 e. The highest BCUT2D eigenvalue weighted by molar-refractivity contribution is 9.10. The van der Waals surface area contributed by atoms with Gasteiger partial charge in [-0.2, -0.15) is 13.2 Å². The van der Waals surface area contributed by atoms with E-state index < -0.39 is 12.6 Å². The third-order valence-corrected chi connectivity index (χ3v) is 3.32. The number of halogens is 4. The fourth-order valence-electron chi connectivity index (χ4n) is 2.06. The van der Waals surface area contributed by atoms with E-state index >= 15 is 0 Å². The topological polar surface area (TPSA) is 33.2 Å². The molecule has 2 rings (SSSR count). The minimum Gasteiger partial charge on any atom is -0.378 e.